The highest BCUT2D eigenvalue weighted by molar-refractivity contribution is 7.89. The van der Waals surface area contributed by atoms with Crippen LogP contribution in [-0.4, -0.2) is 49.3 Å². The molecule has 0 saturated carbocycles. The molecule has 26 heavy (non-hydrogen) atoms. The zero-order valence-corrected chi connectivity index (χ0v) is 16.0. The van der Waals surface area contributed by atoms with E-state index in [1.807, 2.05) is 13.8 Å². The topological polar surface area (TPSA) is 86.8 Å². The number of nitrogens with one attached hydrogen (secondary N) is 1. The van der Waals surface area contributed by atoms with Crippen LogP contribution in [0.15, 0.2) is 29.2 Å². The maximum atomic E-state index is 12.5. The highest BCUT2D eigenvalue weighted by atomic mass is 32.2. The number of amides is 3. The van der Waals surface area contributed by atoms with Gasteiger partial charge in [0, 0.05) is 13.1 Å². The second-order valence-electron chi connectivity index (χ2n) is 7.30. The predicted molar refractivity (Wildman–Crippen MR) is 96.8 cm³/mol. The van der Waals surface area contributed by atoms with E-state index in [-0.39, 0.29) is 35.3 Å². The number of carbonyl (C=O) groups excluding carboxylic acids is 2. The smallest absolute Gasteiger partial charge is 0.312 e. The SMILES string of the molecule is CC(C)CNS(=O)(=O)c1ccc(CN2C(=O)[C@H]3CCCCN3C2=O)cc1. The quantitative estimate of drug-likeness (QED) is 0.765. The molecule has 0 aromatic heterocycles. The summed E-state index contributed by atoms with van der Waals surface area (Å²) in [7, 11) is -3.54. The standard InChI is InChI=1S/C18H25N3O4S/c1-13(2)11-19-26(24,25)15-8-6-14(7-9-15)12-21-17(22)16-5-3-4-10-20(16)18(21)23/h6-9,13,16,19H,3-5,10-12H2,1-2H3/t16-/m1/s1. The predicted octanol–water partition coefficient (Wildman–Crippen LogP) is 1.94. The van der Waals surface area contributed by atoms with Crippen LogP contribution in [0, 0.1) is 5.92 Å². The largest absolute Gasteiger partial charge is 0.327 e. The van der Waals surface area contributed by atoms with Crippen LogP contribution in [0.5, 0.6) is 0 Å². The molecule has 1 atom stereocenters. The summed E-state index contributed by atoms with van der Waals surface area (Å²) in [6.45, 7) is 5.04. The van der Waals surface area contributed by atoms with E-state index in [0.29, 0.717) is 13.1 Å². The number of fused-ring (bicyclic) bond motifs is 1. The Morgan fingerprint density at radius 2 is 1.85 bits per heavy atom. The maximum absolute atomic E-state index is 12.5. The number of benzene rings is 1. The number of rotatable bonds is 6. The summed E-state index contributed by atoms with van der Waals surface area (Å²) in [6, 6.07) is 5.77. The third kappa shape index (κ3) is 3.76. The van der Waals surface area contributed by atoms with Gasteiger partial charge in [0.15, 0.2) is 0 Å². The lowest BCUT2D eigenvalue weighted by atomic mass is 10.0. The van der Waals surface area contributed by atoms with E-state index < -0.39 is 10.0 Å². The van der Waals surface area contributed by atoms with Crippen LogP contribution in [0.2, 0.25) is 0 Å². The highest BCUT2D eigenvalue weighted by Gasteiger charge is 2.45. The first-order chi connectivity index (χ1) is 12.3. The van der Waals surface area contributed by atoms with Gasteiger partial charge in [-0.3, -0.25) is 9.69 Å². The van der Waals surface area contributed by atoms with Crippen molar-refractivity contribution in [1.82, 2.24) is 14.5 Å². The third-order valence-corrected chi connectivity index (χ3v) is 6.23. The number of imide groups is 1. The number of hydrogen-bond donors (Lipinski definition) is 1. The average Bonchev–Trinajstić information content (AvgIpc) is 2.86. The van der Waals surface area contributed by atoms with Crippen LogP contribution in [0.25, 0.3) is 0 Å². The van der Waals surface area contributed by atoms with Gasteiger partial charge in [-0.2, -0.15) is 0 Å². The molecule has 1 aromatic carbocycles. The normalized spacial score (nSPS) is 20.8. The molecule has 2 aliphatic heterocycles. The minimum Gasteiger partial charge on any atom is -0.312 e. The fraction of sp³-hybridized carbons (Fsp3) is 0.556. The summed E-state index contributed by atoms with van der Waals surface area (Å²) in [5, 5.41) is 0. The minimum atomic E-state index is -3.54. The van der Waals surface area contributed by atoms with Gasteiger partial charge in [0.25, 0.3) is 5.91 Å². The lowest BCUT2D eigenvalue weighted by Crippen LogP contribution is -2.38. The fourth-order valence-electron chi connectivity index (χ4n) is 3.31. The van der Waals surface area contributed by atoms with Gasteiger partial charge in [0.1, 0.15) is 6.04 Å². The second-order valence-corrected chi connectivity index (χ2v) is 9.07. The van der Waals surface area contributed by atoms with Crippen molar-refractivity contribution in [2.75, 3.05) is 13.1 Å². The molecule has 0 radical (unpaired) electrons. The first-order valence-electron chi connectivity index (χ1n) is 9.00. The van der Waals surface area contributed by atoms with Gasteiger partial charge in [-0.1, -0.05) is 26.0 Å². The number of piperidine rings is 1. The van der Waals surface area contributed by atoms with Gasteiger partial charge < -0.3 is 4.90 Å². The fourth-order valence-corrected chi connectivity index (χ4v) is 4.52. The first kappa shape index (κ1) is 18.8. The zero-order chi connectivity index (χ0) is 18.9. The summed E-state index contributed by atoms with van der Waals surface area (Å²) in [5.41, 5.74) is 0.731. The lowest BCUT2D eigenvalue weighted by molar-refractivity contribution is -0.129. The number of carbonyl (C=O) groups is 2. The first-order valence-corrected chi connectivity index (χ1v) is 10.5. The van der Waals surface area contributed by atoms with Gasteiger partial charge in [0.2, 0.25) is 10.0 Å². The van der Waals surface area contributed by atoms with E-state index in [1.165, 1.54) is 17.0 Å². The maximum Gasteiger partial charge on any atom is 0.327 e. The monoisotopic (exact) mass is 379 g/mol. The Labute approximate surface area is 154 Å². The summed E-state index contributed by atoms with van der Waals surface area (Å²) >= 11 is 0. The molecule has 3 rings (SSSR count). The van der Waals surface area contributed by atoms with Gasteiger partial charge in [-0.25, -0.2) is 17.9 Å². The van der Waals surface area contributed by atoms with Crippen LogP contribution in [0.3, 0.4) is 0 Å². The van der Waals surface area contributed by atoms with Crippen LogP contribution < -0.4 is 4.72 Å². The van der Waals surface area contributed by atoms with Crippen molar-refractivity contribution in [3.63, 3.8) is 0 Å². The van der Waals surface area contributed by atoms with Crippen molar-refractivity contribution in [3.8, 4) is 0 Å². The van der Waals surface area contributed by atoms with Gasteiger partial charge >= 0.3 is 6.03 Å². The van der Waals surface area contributed by atoms with E-state index in [0.717, 1.165) is 24.8 Å². The van der Waals surface area contributed by atoms with Crippen LogP contribution >= 0.6 is 0 Å². The Hall–Kier alpha value is -1.93. The molecule has 2 saturated heterocycles. The molecule has 142 valence electrons. The molecule has 2 aliphatic rings. The molecule has 0 unspecified atom stereocenters. The summed E-state index contributed by atoms with van der Waals surface area (Å²) < 4.78 is 27.0. The van der Waals surface area contributed by atoms with E-state index in [2.05, 4.69) is 4.72 Å². The van der Waals surface area contributed by atoms with Gasteiger partial charge in [-0.05, 0) is 42.9 Å². The number of sulfonamides is 1. The van der Waals surface area contributed by atoms with Crippen LogP contribution in [0.4, 0.5) is 4.79 Å². The van der Waals surface area contributed by atoms with E-state index in [1.54, 1.807) is 17.0 Å². The molecule has 7 nitrogen and oxygen atoms in total. The number of urea groups is 1. The van der Waals surface area contributed by atoms with Crippen molar-refractivity contribution < 1.29 is 18.0 Å². The minimum absolute atomic E-state index is 0.148. The molecule has 0 spiro atoms. The molecule has 1 aromatic rings. The zero-order valence-electron chi connectivity index (χ0n) is 15.1. The van der Waals surface area contributed by atoms with Crippen molar-refractivity contribution in [1.29, 1.82) is 0 Å². The van der Waals surface area contributed by atoms with E-state index in [9.17, 15) is 18.0 Å². The molecule has 1 N–H and O–H groups in total. The molecule has 2 fully saturated rings. The Morgan fingerprint density at radius 1 is 1.15 bits per heavy atom. The van der Waals surface area contributed by atoms with Crippen LogP contribution in [0.1, 0.15) is 38.7 Å². The molecule has 2 heterocycles. The molecule has 3 amide bonds. The molecule has 0 bridgehead atoms. The number of hydrogen-bond acceptors (Lipinski definition) is 4. The lowest BCUT2D eigenvalue weighted by Gasteiger charge is -2.26. The highest BCUT2D eigenvalue weighted by Crippen LogP contribution is 2.27. The van der Waals surface area contributed by atoms with Crippen molar-refractivity contribution in [3.05, 3.63) is 29.8 Å². The Morgan fingerprint density at radius 3 is 2.46 bits per heavy atom. The number of nitrogens with zero attached hydrogens (tertiary/aromatic N) is 2. The molecular formula is C18H25N3O4S. The summed E-state index contributed by atoms with van der Waals surface area (Å²) in [6.07, 6.45) is 2.61. The van der Waals surface area contributed by atoms with Crippen molar-refractivity contribution in [2.24, 2.45) is 5.92 Å². The Balaban J connectivity index is 1.70. The second kappa shape index (κ2) is 7.36. The van der Waals surface area contributed by atoms with Crippen molar-refractivity contribution >= 4 is 22.0 Å². The van der Waals surface area contributed by atoms with Gasteiger partial charge in [-0.15, -0.1) is 0 Å². The van der Waals surface area contributed by atoms with Crippen molar-refractivity contribution in [2.45, 2.75) is 50.6 Å². The Bertz CT molecular complexity index is 765. The van der Waals surface area contributed by atoms with E-state index >= 15 is 0 Å². The van der Waals surface area contributed by atoms with Crippen LogP contribution in [-0.2, 0) is 21.4 Å². The molecule has 8 heteroatoms. The summed E-state index contributed by atoms with van der Waals surface area (Å²) in [4.78, 5) is 28.0. The summed E-state index contributed by atoms with van der Waals surface area (Å²) in [5.74, 6) is 0.0692. The Kier molecular flexibility index (Phi) is 5.34. The average molecular weight is 379 g/mol. The molecule has 0 aliphatic carbocycles. The van der Waals surface area contributed by atoms with Gasteiger partial charge in [0.05, 0.1) is 11.4 Å². The van der Waals surface area contributed by atoms with E-state index in [4.69, 9.17) is 0 Å². The molecular weight excluding hydrogens is 354 g/mol. The third-order valence-electron chi connectivity index (χ3n) is 4.79.